The molecule has 1 rings (SSSR count). The number of hydrogen-bond donors (Lipinski definition) is 2. The maximum absolute atomic E-state index is 9.38. The molecule has 0 aliphatic carbocycles. The fourth-order valence-corrected chi connectivity index (χ4v) is 1.90. The molecule has 0 heterocycles. The summed E-state index contributed by atoms with van der Waals surface area (Å²) in [7, 11) is 1.99. The third-order valence-electron chi connectivity index (χ3n) is 2.77. The van der Waals surface area contributed by atoms with Crippen molar-refractivity contribution < 1.29 is 5.11 Å². The van der Waals surface area contributed by atoms with E-state index < -0.39 is 0 Å². The second kappa shape index (κ2) is 5.99. The lowest BCUT2D eigenvalue weighted by atomic mass is 10.0. The van der Waals surface area contributed by atoms with Crippen molar-refractivity contribution in [3.05, 3.63) is 35.4 Å². The van der Waals surface area contributed by atoms with Gasteiger partial charge in [0.25, 0.3) is 0 Å². The normalized spacial score (nSPS) is 15.1. The molecule has 2 unspecified atom stereocenters. The van der Waals surface area contributed by atoms with Crippen molar-refractivity contribution in [3.8, 4) is 0 Å². The Morgan fingerprint density at radius 3 is 2.31 bits per heavy atom. The second-order valence-electron chi connectivity index (χ2n) is 4.45. The van der Waals surface area contributed by atoms with Crippen LogP contribution >= 0.6 is 0 Å². The molecule has 2 atom stereocenters. The highest BCUT2D eigenvalue weighted by molar-refractivity contribution is 5.24. The predicted octanol–water partition coefficient (Wildman–Crippen LogP) is 1.31. The number of aliphatic hydroxyl groups excluding tert-OH is 1. The molecule has 0 aromatic heterocycles. The second-order valence-corrected chi connectivity index (χ2v) is 4.45. The molecule has 1 aromatic carbocycles. The Morgan fingerprint density at radius 1 is 1.31 bits per heavy atom. The van der Waals surface area contributed by atoms with Gasteiger partial charge in [-0.1, -0.05) is 29.8 Å². The smallest absolute Gasteiger partial charge is 0.0639 e. The number of likely N-dealkylation sites (N-methyl/N-ethyl adjacent to an activating group) is 1. The van der Waals surface area contributed by atoms with Crippen molar-refractivity contribution in [2.45, 2.75) is 26.0 Å². The zero-order valence-corrected chi connectivity index (χ0v) is 10.4. The van der Waals surface area contributed by atoms with Gasteiger partial charge < -0.3 is 10.8 Å². The van der Waals surface area contributed by atoms with Gasteiger partial charge in [0.15, 0.2) is 0 Å². The highest BCUT2D eigenvalue weighted by Gasteiger charge is 2.16. The van der Waals surface area contributed by atoms with Gasteiger partial charge in [0, 0.05) is 19.1 Å². The molecule has 3 nitrogen and oxygen atoms in total. The van der Waals surface area contributed by atoms with Gasteiger partial charge in [0.2, 0.25) is 0 Å². The molecule has 1 aromatic rings. The molecule has 3 N–H and O–H groups in total. The average molecular weight is 222 g/mol. The number of hydrogen-bond acceptors (Lipinski definition) is 3. The summed E-state index contributed by atoms with van der Waals surface area (Å²) in [6.07, 6.45) is -0.329. The van der Waals surface area contributed by atoms with E-state index in [0.717, 1.165) is 0 Å². The first-order valence-corrected chi connectivity index (χ1v) is 5.69. The van der Waals surface area contributed by atoms with Gasteiger partial charge in [-0.15, -0.1) is 0 Å². The molecule has 0 aliphatic heterocycles. The first kappa shape index (κ1) is 13.2. The van der Waals surface area contributed by atoms with Crippen LogP contribution in [0.4, 0.5) is 0 Å². The van der Waals surface area contributed by atoms with E-state index in [-0.39, 0.29) is 12.1 Å². The quantitative estimate of drug-likeness (QED) is 0.789. The van der Waals surface area contributed by atoms with E-state index in [2.05, 4.69) is 36.1 Å². The summed E-state index contributed by atoms with van der Waals surface area (Å²) in [6.45, 7) is 5.06. The number of aryl methyl sites for hydroxylation is 1. The Hall–Kier alpha value is -0.900. The van der Waals surface area contributed by atoms with Crippen molar-refractivity contribution in [1.82, 2.24) is 4.90 Å². The zero-order chi connectivity index (χ0) is 12.1. The lowest BCUT2D eigenvalue weighted by Gasteiger charge is -2.28. The largest absolute Gasteiger partial charge is 0.392 e. The molecular formula is C13H22N2O. The molecule has 0 radical (unpaired) electrons. The van der Waals surface area contributed by atoms with Gasteiger partial charge >= 0.3 is 0 Å². The summed E-state index contributed by atoms with van der Waals surface area (Å²) < 4.78 is 0. The van der Waals surface area contributed by atoms with Crippen LogP contribution in [0, 0.1) is 6.92 Å². The SMILES string of the molecule is Cc1ccc(C(CN)N(C)CC(C)O)cc1. The molecule has 16 heavy (non-hydrogen) atoms. The lowest BCUT2D eigenvalue weighted by Crippen LogP contribution is -2.35. The summed E-state index contributed by atoms with van der Waals surface area (Å²) in [5, 5.41) is 9.38. The molecule has 0 fully saturated rings. The topological polar surface area (TPSA) is 49.5 Å². The first-order valence-electron chi connectivity index (χ1n) is 5.69. The van der Waals surface area contributed by atoms with Gasteiger partial charge in [-0.2, -0.15) is 0 Å². The van der Waals surface area contributed by atoms with Crippen LogP contribution in [-0.4, -0.2) is 36.2 Å². The van der Waals surface area contributed by atoms with Crippen molar-refractivity contribution in [2.75, 3.05) is 20.1 Å². The van der Waals surface area contributed by atoms with Gasteiger partial charge in [-0.3, -0.25) is 4.90 Å². The molecule has 0 bridgehead atoms. The summed E-state index contributed by atoms with van der Waals surface area (Å²) in [4.78, 5) is 2.09. The number of nitrogens with two attached hydrogens (primary N) is 1. The molecular weight excluding hydrogens is 200 g/mol. The van der Waals surface area contributed by atoms with Crippen LogP contribution in [0.25, 0.3) is 0 Å². The Morgan fingerprint density at radius 2 is 1.88 bits per heavy atom. The number of nitrogens with zero attached hydrogens (tertiary/aromatic N) is 1. The summed E-state index contributed by atoms with van der Waals surface area (Å²) in [5.41, 5.74) is 8.25. The van der Waals surface area contributed by atoms with Gasteiger partial charge in [-0.25, -0.2) is 0 Å². The highest BCUT2D eigenvalue weighted by atomic mass is 16.3. The average Bonchev–Trinajstić information content (AvgIpc) is 2.21. The third-order valence-corrected chi connectivity index (χ3v) is 2.77. The zero-order valence-electron chi connectivity index (χ0n) is 10.4. The fraction of sp³-hybridized carbons (Fsp3) is 0.538. The van der Waals surface area contributed by atoms with Crippen LogP contribution in [0.1, 0.15) is 24.1 Å². The van der Waals surface area contributed by atoms with Crippen LogP contribution < -0.4 is 5.73 Å². The van der Waals surface area contributed by atoms with Gasteiger partial charge in [0.1, 0.15) is 0 Å². The van der Waals surface area contributed by atoms with Crippen LogP contribution in [-0.2, 0) is 0 Å². The molecule has 0 spiro atoms. The van der Waals surface area contributed by atoms with E-state index in [1.165, 1.54) is 11.1 Å². The highest BCUT2D eigenvalue weighted by Crippen LogP contribution is 2.18. The molecule has 0 amide bonds. The van der Waals surface area contributed by atoms with E-state index in [4.69, 9.17) is 5.73 Å². The Kier molecular flexibility index (Phi) is 4.93. The molecule has 90 valence electrons. The van der Waals surface area contributed by atoms with Gasteiger partial charge in [0.05, 0.1) is 6.10 Å². The standard InChI is InChI=1S/C13H22N2O/c1-10-4-6-12(7-5-10)13(8-14)15(3)9-11(2)16/h4-7,11,13,16H,8-9,14H2,1-3H3. The lowest BCUT2D eigenvalue weighted by molar-refractivity contribution is 0.119. The van der Waals surface area contributed by atoms with E-state index in [9.17, 15) is 5.11 Å². The fourth-order valence-electron chi connectivity index (χ4n) is 1.90. The minimum Gasteiger partial charge on any atom is -0.392 e. The van der Waals surface area contributed by atoms with Crippen molar-refractivity contribution >= 4 is 0 Å². The van der Waals surface area contributed by atoms with E-state index in [1.54, 1.807) is 6.92 Å². The number of aliphatic hydroxyl groups is 1. The number of rotatable bonds is 5. The third kappa shape index (κ3) is 3.59. The van der Waals surface area contributed by atoms with Gasteiger partial charge in [-0.05, 0) is 26.5 Å². The predicted molar refractivity (Wildman–Crippen MR) is 67.3 cm³/mol. The van der Waals surface area contributed by atoms with Crippen LogP contribution in [0.15, 0.2) is 24.3 Å². The van der Waals surface area contributed by atoms with Crippen molar-refractivity contribution in [1.29, 1.82) is 0 Å². The van der Waals surface area contributed by atoms with E-state index in [0.29, 0.717) is 13.1 Å². The summed E-state index contributed by atoms with van der Waals surface area (Å²) in [5.74, 6) is 0. The van der Waals surface area contributed by atoms with E-state index >= 15 is 0 Å². The Balaban J connectivity index is 2.77. The van der Waals surface area contributed by atoms with Crippen molar-refractivity contribution in [2.24, 2.45) is 5.73 Å². The minimum atomic E-state index is -0.329. The summed E-state index contributed by atoms with van der Waals surface area (Å²) in [6, 6.07) is 8.56. The monoisotopic (exact) mass is 222 g/mol. The van der Waals surface area contributed by atoms with Crippen LogP contribution in [0.2, 0.25) is 0 Å². The van der Waals surface area contributed by atoms with E-state index in [1.807, 2.05) is 7.05 Å². The molecule has 0 saturated heterocycles. The number of benzene rings is 1. The Labute approximate surface area is 97.9 Å². The summed E-state index contributed by atoms with van der Waals surface area (Å²) >= 11 is 0. The Bertz CT molecular complexity index is 308. The van der Waals surface area contributed by atoms with Crippen LogP contribution in [0.3, 0.4) is 0 Å². The maximum Gasteiger partial charge on any atom is 0.0639 e. The molecule has 3 heteroatoms. The molecule has 0 saturated carbocycles. The maximum atomic E-state index is 9.38. The first-order chi connectivity index (χ1) is 7.54. The molecule has 0 aliphatic rings. The minimum absolute atomic E-state index is 0.176. The van der Waals surface area contributed by atoms with Crippen molar-refractivity contribution in [3.63, 3.8) is 0 Å². The van der Waals surface area contributed by atoms with Crippen LogP contribution in [0.5, 0.6) is 0 Å².